The maximum Gasteiger partial charge on any atom is 0.303 e. The molecule has 1 amide bonds. The van der Waals surface area contributed by atoms with Gasteiger partial charge in [-0.3, -0.25) is 9.59 Å². The van der Waals surface area contributed by atoms with E-state index in [0.717, 1.165) is 4.88 Å². The number of thiophene rings is 1. The molecule has 1 aliphatic rings. The van der Waals surface area contributed by atoms with Gasteiger partial charge in [0.2, 0.25) is 0 Å². The molecule has 2 heterocycles. The highest BCUT2D eigenvalue weighted by Gasteiger charge is 2.33. The summed E-state index contributed by atoms with van der Waals surface area (Å²) in [5, 5.41) is 1.29. The van der Waals surface area contributed by atoms with Crippen molar-refractivity contribution >= 4 is 33.1 Å². The summed E-state index contributed by atoms with van der Waals surface area (Å²) in [6.07, 6.45) is 0.370. The largest absolute Gasteiger partial charge is 0.456 e. The summed E-state index contributed by atoms with van der Waals surface area (Å²) in [6, 6.07) is 3.63. The molecule has 1 aliphatic heterocycles. The molecular formula is C13H17NO5S2. The van der Waals surface area contributed by atoms with Crippen molar-refractivity contribution in [1.29, 1.82) is 0 Å². The van der Waals surface area contributed by atoms with E-state index in [0.29, 0.717) is 13.0 Å². The van der Waals surface area contributed by atoms with Gasteiger partial charge >= 0.3 is 5.97 Å². The Hall–Kier alpha value is -1.41. The highest BCUT2D eigenvalue weighted by molar-refractivity contribution is 7.91. The minimum atomic E-state index is -3.27. The summed E-state index contributed by atoms with van der Waals surface area (Å²) >= 11 is 1.41. The molecule has 0 bridgehead atoms. The second kappa shape index (κ2) is 6.57. The van der Waals surface area contributed by atoms with E-state index in [1.54, 1.807) is 0 Å². The van der Waals surface area contributed by atoms with Crippen molar-refractivity contribution in [1.82, 2.24) is 4.90 Å². The number of sulfone groups is 1. The van der Waals surface area contributed by atoms with Gasteiger partial charge in [-0.05, 0) is 17.9 Å². The Labute approximate surface area is 127 Å². The molecule has 1 unspecified atom stereocenters. The van der Waals surface area contributed by atoms with E-state index in [-0.39, 0.29) is 24.8 Å². The second-order valence-electron chi connectivity index (χ2n) is 4.82. The van der Waals surface area contributed by atoms with Crippen LogP contribution < -0.4 is 0 Å². The topological polar surface area (TPSA) is 80.8 Å². The number of nitrogens with zero attached hydrogens (tertiary/aromatic N) is 1. The first kappa shape index (κ1) is 16.0. The third-order valence-electron chi connectivity index (χ3n) is 3.35. The van der Waals surface area contributed by atoms with E-state index in [1.165, 1.54) is 23.2 Å². The SMILES string of the molecule is CC(=O)OCC(=O)N1CCC(c2cccs2)S(=O)(=O)CC1. The summed E-state index contributed by atoms with van der Waals surface area (Å²) in [7, 11) is -3.27. The third kappa shape index (κ3) is 4.04. The van der Waals surface area contributed by atoms with Crippen LogP contribution in [0.4, 0.5) is 0 Å². The van der Waals surface area contributed by atoms with Gasteiger partial charge in [0, 0.05) is 24.9 Å². The highest BCUT2D eigenvalue weighted by atomic mass is 32.2. The van der Waals surface area contributed by atoms with E-state index in [9.17, 15) is 18.0 Å². The number of amides is 1. The van der Waals surface area contributed by atoms with Crippen molar-refractivity contribution in [2.45, 2.75) is 18.6 Å². The van der Waals surface area contributed by atoms with Gasteiger partial charge in [-0.1, -0.05) is 6.07 Å². The zero-order chi connectivity index (χ0) is 15.5. The first-order chi connectivity index (χ1) is 9.90. The standard InChI is InChI=1S/C13H17NO5S2/c1-10(15)19-9-13(16)14-5-4-12(11-3-2-7-20-11)21(17,18)8-6-14/h2-3,7,12H,4-6,8-9H2,1H3. The van der Waals surface area contributed by atoms with Gasteiger partial charge < -0.3 is 9.64 Å². The van der Waals surface area contributed by atoms with Crippen molar-refractivity contribution in [3.05, 3.63) is 22.4 Å². The van der Waals surface area contributed by atoms with Crippen LogP contribution >= 0.6 is 11.3 Å². The lowest BCUT2D eigenvalue weighted by molar-refractivity contribution is -0.150. The smallest absolute Gasteiger partial charge is 0.303 e. The van der Waals surface area contributed by atoms with Crippen molar-refractivity contribution < 1.29 is 22.7 Å². The maximum absolute atomic E-state index is 12.3. The van der Waals surface area contributed by atoms with Crippen LogP contribution in [0.2, 0.25) is 0 Å². The number of ether oxygens (including phenoxy) is 1. The predicted molar refractivity (Wildman–Crippen MR) is 78.7 cm³/mol. The van der Waals surface area contributed by atoms with Gasteiger partial charge in [-0.15, -0.1) is 11.3 Å². The first-order valence-electron chi connectivity index (χ1n) is 6.56. The normalized spacial score (nSPS) is 21.6. The Morgan fingerprint density at radius 2 is 2.19 bits per heavy atom. The molecule has 8 heteroatoms. The molecule has 0 saturated carbocycles. The van der Waals surface area contributed by atoms with Crippen molar-refractivity contribution in [2.24, 2.45) is 0 Å². The van der Waals surface area contributed by atoms with E-state index in [1.807, 2.05) is 17.5 Å². The van der Waals surface area contributed by atoms with Crippen LogP contribution in [0.1, 0.15) is 23.5 Å². The molecule has 21 heavy (non-hydrogen) atoms. The number of hydrogen-bond donors (Lipinski definition) is 0. The summed E-state index contributed by atoms with van der Waals surface area (Å²) in [6.45, 7) is 1.39. The molecule has 2 rings (SSSR count). The van der Waals surface area contributed by atoms with Gasteiger partial charge in [0.1, 0.15) is 0 Å². The molecule has 0 aliphatic carbocycles. The maximum atomic E-state index is 12.3. The van der Waals surface area contributed by atoms with Crippen LogP contribution in [-0.2, 0) is 24.2 Å². The zero-order valence-electron chi connectivity index (χ0n) is 11.6. The number of hydrogen-bond acceptors (Lipinski definition) is 6. The molecule has 1 atom stereocenters. The molecular weight excluding hydrogens is 314 g/mol. The van der Waals surface area contributed by atoms with E-state index >= 15 is 0 Å². The third-order valence-corrected chi connectivity index (χ3v) is 6.60. The first-order valence-corrected chi connectivity index (χ1v) is 9.16. The van der Waals surface area contributed by atoms with Gasteiger partial charge in [0.15, 0.2) is 16.4 Å². The predicted octanol–water partition coefficient (Wildman–Crippen LogP) is 0.999. The average molecular weight is 331 g/mol. The van der Waals surface area contributed by atoms with Gasteiger partial charge in [0.25, 0.3) is 5.91 Å². The number of carbonyl (C=O) groups excluding carboxylic acids is 2. The Kier molecular flexibility index (Phi) is 5.00. The fourth-order valence-electron chi connectivity index (χ4n) is 2.24. The Morgan fingerprint density at radius 3 is 2.81 bits per heavy atom. The summed E-state index contributed by atoms with van der Waals surface area (Å²) in [5.74, 6) is -0.948. The number of rotatable bonds is 3. The minimum Gasteiger partial charge on any atom is -0.456 e. The van der Waals surface area contributed by atoms with E-state index in [2.05, 4.69) is 4.74 Å². The lowest BCUT2D eigenvalue weighted by Crippen LogP contribution is -2.36. The van der Waals surface area contributed by atoms with Crippen molar-refractivity contribution in [3.8, 4) is 0 Å². The molecule has 0 radical (unpaired) electrons. The van der Waals surface area contributed by atoms with Crippen LogP contribution in [0.3, 0.4) is 0 Å². The molecule has 1 aromatic heterocycles. The molecule has 0 aromatic carbocycles. The Bertz CT molecular complexity index is 609. The van der Waals surface area contributed by atoms with Crippen LogP contribution in [0, 0.1) is 0 Å². The molecule has 116 valence electrons. The summed E-state index contributed by atoms with van der Waals surface area (Å²) < 4.78 is 29.3. The van der Waals surface area contributed by atoms with Crippen LogP contribution in [0.15, 0.2) is 17.5 Å². The van der Waals surface area contributed by atoms with Gasteiger partial charge in [-0.25, -0.2) is 8.42 Å². The van der Waals surface area contributed by atoms with Crippen LogP contribution in [0.25, 0.3) is 0 Å². The van der Waals surface area contributed by atoms with E-state index in [4.69, 9.17) is 0 Å². The van der Waals surface area contributed by atoms with Crippen molar-refractivity contribution in [3.63, 3.8) is 0 Å². The minimum absolute atomic E-state index is 0.0681. The number of carbonyl (C=O) groups is 2. The molecule has 0 N–H and O–H groups in total. The van der Waals surface area contributed by atoms with Gasteiger partial charge in [-0.2, -0.15) is 0 Å². The van der Waals surface area contributed by atoms with Gasteiger partial charge in [0.05, 0.1) is 11.0 Å². The molecule has 1 saturated heterocycles. The number of esters is 1. The lowest BCUT2D eigenvalue weighted by atomic mass is 10.2. The fourth-order valence-corrected chi connectivity index (χ4v) is 5.25. The monoisotopic (exact) mass is 331 g/mol. The quantitative estimate of drug-likeness (QED) is 0.772. The average Bonchev–Trinajstić information content (AvgIpc) is 2.88. The van der Waals surface area contributed by atoms with E-state index < -0.39 is 21.1 Å². The zero-order valence-corrected chi connectivity index (χ0v) is 13.3. The fraction of sp³-hybridized carbons (Fsp3) is 0.538. The molecule has 0 spiro atoms. The van der Waals surface area contributed by atoms with Crippen LogP contribution in [-0.4, -0.2) is 50.6 Å². The highest BCUT2D eigenvalue weighted by Crippen LogP contribution is 2.32. The lowest BCUT2D eigenvalue weighted by Gasteiger charge is -2.19. The molecule has 6 nitrogen and oxygen atoms in total. The second-order valence-corrected chi connectivity index (χ2v) is 8.10. The Morgan fingerprint density at radius 1 is 1.43 bits per heavy atom. The van der Waals surface area contributed by atoms with Crippen LogP contribution in [0.5, 0.6) is 0 Å². The summed E-state index contributed by atoms with van der Waals surface area (Å²) in [4.78, 5) is 24.9. The Balaban J connectivity index is 2.06. The summed E-state index contributed by atoms with van der Waals surface area (Å²) in [5.41, 5.74) is 0. The van der Waals surface area contributed by atoms with Crippen molar-refractivity contribution in [2.75, 3.05) is 25.4 Å². The molecule has 1 fully saturated rings. The molecule has 1 aromatic rings.